The first kappa shape index (κ1) is 18.0. The molecule has 3 rings (SSSR count). The van der Waals surface area contributed by atoms with E-state index in [0.717, 1.165) is 11.1 Å². The Hall–Kier alpha value is -2.76. The summed E-state index contributed by atoms with van der Waals surface area (Å²) in [6.45, 7) is 1.65. The number of aliphatic hydroxyl groups is 1. The number of rotatable bonds is 6. The molecule has 0 saturated carbocycles. The summed E-state index contributed by atoms with van der Waals surface area (Å²) < 4.78 is 11.0. The molecule has 0 aliphatic rings. The van der Waals surface area contributed by atoms with Gasteiger partial charge in [0.25, 0.3) is 5.91 Å². The Bertz CT molecular complexity index is 920. The van der Waals surface area contributed by atoms with E-state index < -0.39 is 0 Å². The first-order valence-corrected chi connectivity index (χ1v) is 8.42. The van der Waals surface area contributed by atoms with Crippen LogP contribution >= 0.6 is 11.6 Å². The molecule has 2 N–H and O–H groups in total. The Morgan fingerprint density at radius 2 is 2.00 bits per heavy atom. The largest absolute Gasteiger partial charge is 0.482 e. The molecule has 0 aliphatic carbocycles. The molecule has 0 atom stereocenters. The lowest BCUT2D eigenvalue weighted by atomic mass is 10.1. The van der Waals surface area contributed by atoms with Crippen LogP contribution in [0.15, 0.2) is 59.0 Å². The number of anilines is 1. The summed E-state index contributed by atoms with van der Waals surface area (Å²) in [4.78, 5) is 12.1. The molecule has 1 amide bonds. The minimum atomic E-state index is -0.280. The van der Waals surface area contributed by atoms with Crippen molar-refractivity contribution in [3.8, 4) is 17.1 Å². The topological polar surface area (TPSA) is 71.7 Å². The van der Waals surface area contributed by atoms with E-state index in [2.05, 4.69) is 5.32 Å². The van der Waals surface area contributed by atoms with Crippen molar-refractivity contribution in [1.29, 1.82) is 0 Å². The van der Waals surface area contributed by atoms with E-state index in [4.69, 9.17) is 25.9 Å². The highest BCUT2D eigenvalue weighted by Gasteiger charge is 2.10. The van der Waals surface area contributed by atoms with Crippen molar-refractivity contribution < 1.29 is 19.1 Å². The van der Waals surface area contributed by atoms with Crippen molar-refractivity contribution in [3.05, 3.63) is 70.9 Å². The van der Waals surface area contributed by atoms with Gasteiger partial charge in [0.1, 0.15) is 23.9 Å². The van der Waals surface area contributed by atoms with Crippen LogP contribution in [0.3, 0.4) is 0 Å². The van der Waals surface area contributed by atoms with Crippen LogP contribution in [0.25, 0.3) is 11.3 Å². The maximum atomic E-state index is 12.1. The maximum Gasteiger partial charge on any atom is 0.262 e. The van der Waals surface area contributed by atoms with Gasteiger partial charge in [0.2, 0.25) is 0 Å². The standard InChI is InChI=1S/C20H18ClNO4/c1-13-10-14(6-8-16(13)18-9-7-15(11-23)26-18)22-20(24)12-25-19-5-3-2-4-17(19)21/h2-10,23H,11-12H2,1H3,(H,22,24). The van der Waals surface area contributed by atoms with Crippen LogP contribution in [0.1, 0.15) is 11.3 Å². The number of carbonyl (C=O) groups excluding carboxylic acids is 1. The van der Waals surface area contributed by atoms with E-state index in [1.54, 1.807) is 36.4 Å². The lowest BCUT2D eigenvalue weighted by Crippen LogP contribution is -2.20. The molecule has 0 spiro atoms. The van der Waals surface area contributed by atoms with Crippen LogP contribution in [0.2, 0.25) is 5.02 Å². The summed E-state index contributed by atoms with van der Waals surface area (Å²) in [5.74, 6) is 1.37. The van der Waals surface area contributed by atoms with Gasteiger partial charge in [-0.1, -0.05) is 23.7 Å². The highest BCUT2D eigenvalue weighted by Crippen LogP contribution is 2.28. The van der Waals surface area contributed by atoms with Gasteiger partial charge in [-0.25, -0.2) is 0 Å². The van der Waals surface area contributed by atoms with E-state index in [1.807, 2.05) is 25.1 Å². The number of hydrogen-bond donors (Lipinski definition) is 2. The van der Waals surface area contributed by atoms with Crippen molar-refractivity contribution in [1.82, 2.24) is 0 Å². The van der Waals surface area contributed by atoms with E-state index in [1.165, 1.54) is 0 Å². The van der Waals surface area contributed by atoms with Crippen molar-refractivity contribution in [2.24, 2.45) is 0 Å². The summed E-state index contributed by atoms with van der Waals surface area (Å²) >= 11 is 6.00. The Kier molecular flexibility index (Phi) is 5.61. The molecule has 0 saturated heterocycles. The smallest absolute Gasteiger partial charge is 0.262 e. The predicted octanol–water partition coefficient (Wildman–Crippen LogP) is 4.42. The predicted molar refractivity (Wildman–Crippen MR) is 100 cm³/mol. The molecule has 0 aliphatic heterocycles. The van der Waals surface area contributed by atoms with Gasteiger partial charge in [-0.05, 0) is 55.0 Å². The molecular formula is C20H18ClNO4. The summed E-state index contributed by atoms with van der Waals surface area (Å²) in [7, 11) is 0. The quantitative estimate of drug-likeness (QED) is 0.672. The third kappa shape index (κ3) is 4.25. The average Bonchev–Trinajstić information content (AvgIpc) is 3.10. The maximum absolute atomic E-state index is 12.1. The number of ether oxygens (including phenoxy) is 1. The summed E-state index contributed by atoms with van der Waals surface area (Å²) in [6, 6.07) is 16.0. The third-order valence-corrected chi connectivity index (χ3v) is 4.10. The second kappa shape index (κ2) is 8.08. The second-order valence-corrected chi connectivity index (χ2v) is 6.13. The minimum Gasteiger partial charge on any atom is -0.482 e. The molecule has 5 nitrogen and oxygen atoms in total. The number of halogens is 1. The van der Waals surface area contributed by atoms with Gasteiger partial charge in [0, 0.05) is 11.3 Å². The number of nitrogens with one attached hydrogen (secondary N) is 1. The zero-order valence-corrected chi connectivity index (χ0v) is 14.9. The highest BCUT2D eigenvalue weighted by atomic mass is 35.5. The first-order valence-electron chi connectivity index (χ1n) is 8.04. The molecule has 6 heteroatoms. The molecule has 2 aromatic carbocycles. The van der Waals surface area contributed by atoms with E-state index >= 15 is 0 Å². The fourth-order valence-electron chi connectivity index (χ4n) is 2.53. The number of benzene rings is 2. The van der Waals surface area contributed by atoms with E-state index in [9.17, 15) is 4.79 Å². The van der Waals surface area contributed by atoms with Gasteiger partial charge in [-0.3, -0.25) is 4.79 Å². The summed E-state index contributed by atoms with van der Waals surface area (Å²) in [5.41, 5.74) is 2.50. The van der Waals surface area contributed by atoms with Crippen LogP contribution in [0.5, 0.6) is 5.75 Å². The normalized spacial score (nSPS) is 10.6. The number of hydrogen-bond acceptors (Lipinski definition) is 4. The minimum absolute atomic E-state index is 0.136. The van der Waals surface area contributed by atoms with Gasteiger partial charge in [0.05, 0.1) is 5.02 Å². The molecule has 0 unspecified atom stereocenters. The zero-order chi connectivity index (χ0) is 18.5. The highest BCUT2D eigenvalue weighted by molar-refractivity contribution is 6.32. The third-order valence-electron chi connectivity index (χ3n) is 3.79. The van der Waals surface area contributed by atoms with E-state index in [-0.39, 0.29) is 19.1 Å². The number of para-hydroxylation sites is 1. The van der Waals surface area contributed by atoms with Gasteiger partial charge in [-0.2, -0.15) is 0 Å². The Balaban J connectivity index is 1.64. The van der Waals surface area contributed by atoms with Gasteiger partial charge >= 0.3 is 0 Å². The fourth-order valence-corrected chi connectivity index (χ4v) is 2.72. The van der Waals surface area contributed by atoms with Crippen molar-refractivity contribution in [2.45, 2.75) is 13.5 Å². The number of carbonyl (C=O) groups is 1. The van der Waals surface area contributed by atoms with Crippen LogP contribution in [0, 0.1) is 6.92 Å². The molecule has 1 aromatic heterocycles. The van der Waals surface area contributed by atoms with Gasteiger partial charge in [-0.15, -0.1) is 0 Å². The van der Waals surface area contributed by atoms with Crippen molar-refractivity contribution in [3.63, 3.8) is 0 Å². The SMILES string of the molecule is Cc1cc(NC(=O)COc2ccccc2Cl)ccc1-c1ccc(CO)o1. The van der Waals surface area contributed by atoms with Crippen molar-refractivity contribution in [2.75, 3.05) is 11.9 Å². The van der Waals surface area contributed by atoms with Crippen LogP contribution in [-0.2, 0) is 11.4 Å². The zero-order valence-electron chi connectivity index (χ0n) is 14.2. The average molecular weight is 372 g/mol. The lowest BCUT2D eigenvalue weighted by Gasteiger charge is -2.10. The second-order valence-electron chi connectivity index (χ2n) is 5.72. The van der Waals surface area contributed by atoms with Crippen LogP contribution in [0.4, 0.5) is 5.69 Å². The first-order chi connectivity index (χ1) is 12.6. The molecule has 0 fully saturated rings. The molecule has 0 bridgehead atoms. The number of amides is 1. The number of aryl methyl sites for hydroxylation is 1. The Morgan fingerprint density at radius 3 is 2.69 bits per heavy atom. The number of aliphatic hydroxyl groups excluding tert-OH is 1. The van der Waals surface area contributed by atoms with Gasteiger partial charge in [0.15, 0.2) is 6.61 Å². The van der Waals surface area contributed by atoms with Crippen LogP contribution < -0.4 is 10.1 Å². The van der Waals surface area contributed by atoms with E-state index in [0.29, 0.717) is 28.0 Å². The van der Waals surface area contributed by atoms with Gasteiger partial charge < -0.3 is 19.6 Å². The monoisotopic (exact) mass is 371 g/mol. The van der Waals surface area contributed by atoms with Crippen molar-refractivity contribution >= 4 is 23.2 Å². The lowest BCUT2D eigenvalue weighted by molar-refractivity contribution is -0.118. The number of furan rings is 1. The molecule has 1 heterocycles. The molecule has 26 heavy (non-hydrogen) atoms. The Morgan fingerprint density at radius 1 is 1.19 bits per heavy atom. The summed E-state index contributed by atoms with van der Waals surface area (Å²) in [6.07, 6.45) is 0. The molecular weight excluding hydrogens is 354 g/mol. The van der Waals surface area contributed by atoms with Crippen LogP contribution in [-0.4, -0.2) is 17.6 Å². The molecule has 0 radical (unpaired) electrons. The molecule has 3 aromatic rings. The Labute approximate surface area is 156 Å². The summed E-state index contributed by atoms with van der Waals surface area (Å²) in [5, 5.41) is 12.3. The fraction of sp³-hybridized carbons (Fsp3) is 0.150. The molecule has 134 valence electrons.